The van der Waals surface area contributed by atoms with E-state index >= 15 is 0 Å². The van der Waals surface area contributed by atoms with E-state index in [1.807, 2.05) is 13.8 Å². The third kappa shape index (κ3) is 3.53. The first-order valence-corrected chi connectivity index (χ1v) is 10.0. The monoisotopic (exact) mass is 412 g/mol. The van der Waals surface area contributed by atoms with Crippen LogP contribution in [0.2, 0.25) is 0 Å². The lowest BCUT2D eigenvalue weighted by Gasteiger charge is -2.30. The maximum absolute atomic E-state index is 12.9. The molecule has 0 unspecified atom stereocenters. The molecule has 0 saturated heterocycles. The molecule has 0 spiro atoms. The van der Waals surface area contributed by atoms with E-state index in [1.54, 1.807) is 11.4 Å². The van der Waals surface area contributed by atoms with Gasteiger partial charge in [0.25, 0.3) is 17.0 Å². The van der Waals surface area contributed by atoms with Gasteiger partial charge in [0, 0.05) is 24.7 Å². The predicted molar refractivity (Wildman–Crippen MR) is 110 cm³/mol. The molecule has 0 bridgehead atoms. The molecule has 3 aromatic rings. The summed E-state index contributed by atoms with van der Waals surface area (Å²) in [5.74, 6) is -0.304. The molecule has 8 nitrogen and oxygen atoms in total. The number of aromatic amines is 2. The number of rotatable bonds is 3. The molecule has 0 atom stereocenters. The van der Waals surface area contributed by atoms with Gasteiger partial charge in [-0.1, -0.05) is 13.8 Å². The Hall–Kier alpha value is -3.07. The Kier molecular flexibility index (Phi) is 4.49. The first-order valence-electron chi connectivity index (χ1n) is 9.16. The number of amides is 1. The number of thiophene rings is 1. The third-order valence-electron chi connectivity index (χ3n) is 5.05. The minimum Gasteiger partial charge on any atom is -0.334 e. The second-order valence-electron chi connectivity index (χ2n) is 8.15. The molecule has 4 rings (SSSR count). The highest BCUT2D eigenvalue weighted by molar-refractivity contribution is 7.17. The Balaban J connectivity index is 1.63. The van der Waals surface area contributed by atoms with Crippen LogP contribution >= 0.6 is 11.3 Å². The molecule has 1 amide bonds. The molecule has 29 heavy (non-hydrogen) atoms. The third-order valence-corrected chi connectivity index (χ3v) is 5.95. The summed E-state index contributed by atoms with van der Waals surface area (Å²) >= 11 is 1.30. The number of H-pyrrole nitrogens is 2. The smallest absolute Gasteiger partial charge is 0.268 e. The van der Waals surface area contributed by atoms with Crippen LogP contribution in [0.3, 0.4) is 0 Å². The van der Waals surface area contributed by atoms with Crippen molar-refractivity contribution in [2.24, 2.45) is 5.41 Å². The Labute approximate surface area is 169 Å². The minimum atomic E-state index is -0.542. The maximum atomic E-state index is 12.9. The molecule has 3 heterocycles. The van der Waals surface area contributed by atoms with Crippen LogP contribution in [0.1, 0.15) is 52.5 Å². The van der Waals surface area contributed by atoms with Crippen molar-refractivity contribution in [1.29, 1.82) is 0 Å². The Morgan fingerprint density at radius 2 is 1.97 bits per heavy atom. The molecule has 9 heteroatoms. The van der Waals surface area contributed by atoms with Gasteiger partial charge in [-0.2, -0.15) is 0 Å². The number of ketones is 1. The van der Waals surface area contributed by atoms with E-state index in [-0.39, 0.29) is 28.9 Å². The van der Waals surface area contributed by atoms with Crippen LogP contribution in [-0.4, -0.2) is 38.6 Å². The van der Waals surface area contributed by atoms with E-state index in [1.165, 1.54) is 29.4 Å². The molecule has 0 aliphatic heterocycles. The van der Waals surface area contributed by atoms with Crippen molar-refractivity contribution >= 4 is 33.2 Å². The molecule has 2 N–H and O–H groups in total. The van der Waals surface area contributed by atoms with Gasteiger partial charge in [-0.25, -0.2) is 4.98 Å². The zero-order chi connectivity index (χ0) is 20.9. The average molecular weight is 412 g/mol. The number of aromatic nitrogens is 3. The van der Waals surface area contributed by atoms with Gasteiger partial charge in [-0.15, -0.1) is 11.3 Å². The fourth-order valence-electron chi connectivity index (χ4n) is 3.69. The fraction of sp³-hybridized carbons (Fsp3) is 0.350. The van der Waals surface area contributed by atoms with E-state index in [0.29, 0.717) is 40.1 Å². The number of Topliss-reactive ketones (excluding diaryl/α,β-unsaturated/α-hetero) is 1. The van der Waals surface area contributed by atoms with Crippen LogP contribution in [0.5, 0.6) is 0 Å². The SMILES string of the molecule is CN(Cc1nc2ccsc2c(=O)[nH]1)C(=O)c1cc2c([nH]c1=O)CC(C)(C)CC2=O. The van der Waals surface area contributed by atoms with Crippen LogP contribution in [0, 0.1) is 5.41 Å². The molecule has 150 valence electrons. The zero-order valence-corrected chi connectivity index (χ0v) is 17.1. The highest BCUT2D eigenvalue weighted by atomic mass is 32.1. The normalized spacial score (nSPS) is 15.3. The Morgan fingerprint density at radius 1 is 1.21 bits per heavy atom. The van der Waals surface area contributed by atoms with Gasteiger partial charge >= 0.3 is 0 Å². The molecule has 0 saturated carbocycles. The van der Waals surface area contributed by atoms with Crippen LogP contribution in [0.4, 0.5) is 0 Å². The van der Waals surface area contributed by atoms with Gasteiger partial charge in [0.05, 0.1) is 12.1 Å². The summed E-state index contributed by atoms with van der Waals surface area (Å²) in [6.45, 7) is 3.96. The molecule has 1 aliphatic rings. The van der Waals surface area contributed by atoms with Crippen molar-refractivity contribution in [1.82, 2.24) is 19.9 Å². The summed E-state index contributed by atoms with van der Waals surface area (Å²) in [6, 6.07) is 3.13. The molecular formula is C20H20N4O4S. The molecular weight excluding hydrogens is 392 g/mol. The molecule has 1 aliphatic carbocycles. The highest BCUT2D eigenvalue weighted by Gasteiger charge is 2.33. The van der Waals surface area contributed by atoms with E-state index in [0.717, 1.165) is 0 Å². The van der Waals surface area contributed by atoms with E-state index in [2.05, 4.69) is 15.0 Å². The van der Waals surface area contributed by atoms with E-state index in [9.17, 15) is 19.2 Å². The van der Waals surface area contributed by atoms with Gasteiger partial charge in [-0.05, 0) is 29.3 Å². The summed E-state index contributed by atoms with van der Waals surface area (Å²) in [5, 5.41) is 1.77. The van der Waals surface area contributed by atoms with Crippen LogP contribution < -0.4 is 11.1 Å². The summed E-state index contributed by atoms with van der Waals surface area (Å²) in [7, 11) is 1.52. The standard InChI is InChI=1S/C20H20N4O4S/c1-20(2)7-13-10(14(25)8-20)6-11(17(26)22-13)19(28)24(3)9-15-21-12-4-5-29-16(12)18(27)23-15/h4-6H,7-9H2,1-3H3,(H,22,26)(H,21,23,27). The summed E-state index contributed by atoms with van der Waals surface area (Å²) in [5.41, 5.74) is 0.415. The number of nitrogens with one attached hydrogen (secondary N) is 2. The number of nitrogens with zero attached hydrogens (tertiary/aromatic N) is 2. The highest BCUT2D eigenvalue weighted by Crippen LogP contribution is 2.33. The van der Waals surface area contributed by atoms with Crippen LogP contribution in [0.15, 0.2) is 27.1 Å². The first kappa shape index (κ1) is 19.3. The van der Waals surface area contributed by atoms with Gasteiger partial charge in [0.2, 0.25) is 0 Å². The molecule has 0 fully saturated rings. The first-order chi connectivity index (χ1) is 13.6. The van der Waals surface area contributed by atoms with Crippen molar-refractivity contribution in [3.8, 4) is 0 Å². The summed E-state index contributed by atoms with van der Waals surface area (Å²) in [4.78, 5) is 61.0. The van der Waals surface area contributed by atoms with Crippen molar-refractivity contribution in [3.63, 3.8) is 0 Å². The van der Waals surface area contributed by atoms with Gasteiger partial charge in [-0.3, -0.25) is 19.2 Å². The Morgan fingerprint density at radius 3 is 2.72 bits per heavy atom. The van der Waals surface area contributed by atoms with Crippen molar-refractivity contribution in [3.05, 3.63) is 60.9 Å². The summed E-state index contributed by atoms with van der Waals surface area (Å²) < 4.78 is 0.523. The topological polar surface area (TPSA) is 116 Å². The largest absolute Gasteiger partial charge is 0.334 e. The average Bonchev–Trinajstić information content (AvgIpc) is 3.08. The minimum absolute atomic E-state index is 0.0252. The van der Waals surface area contributed by atoms with Crippen molar-refractivity contribution in [2.45, 2.75) is 33.2 Å². The zero-order valence-electron chi connectivity index (χ0n) is 16.3. The van der Waals surface area contributed by atoms with Gasteiger partial charge in [0.1, 0.15) is 16.1 Å². The second kappa shape index (κ2) is 6.77. The lowest BCUT2D eigenvalue weighted by atomic mass is 9.75. The van der Waals surface area contributed by atoms with Crippen LogP contribution in [-0.2, 0) is 13.0 Å². The lowest BCUT2D eigenvalue weighted by Crippen LogP contribution is -2.35. The Bertz CT molecular complexity index is 1270. The fourth-order valence-corrected chi connectivity index (χ4v) is 4.41. The van der Waals surface area contributed by atoms with Crippen LogP contribution in [0.25, 0.3) is 10.2 Å². The number of hydrogen-bond acceptors (Lipinski definition) is 6. The van der Waals surface area contributed by atoms with Crippen molar-refractivity contribution in [2.75, 3.05) is 7.05 Å². The van der Waals surface area contributed by atoms with Crippen molar-refractivity contribution < 1.29 is 9.59 Å². The quantitative estimate of drug-likeness (QED) is 0.683. The van der Waals surface area contributed by atoms with Gasteiger partial charge in [0.15, 0.2) is 5.78 Å². The predicted octanol–water partition coefficient (Wildman–Crippen LogP) is 2.10. The van der Waals surface area contributed by atoms with E-state index in [4.69, 9.17) is 0 Å². The van der Waals surface area contributed by atoms with E-state index < -0.39 is 11.5 Å². The molecule has 0 aromatic carbocycles. The van der Waals surface area contributed by atoms with Gasteiger partial charge < -0.3 is 14.9 Å². The lowest BCUT2D eigenvalue weighted by molar-refractivity contribution is 0.0779. The number of hydrogen-bond donors (Lipinski definition) is 2. The number of fused-ring (bicyclic) bond motifs is 2. The number of pyridine rings is 1. The number of carbonyl (C=O) groups is 2. The second-order valence-corrected chi connectivity index (χ2v) is 9.07. The molecule has 3 aromatic heterocycles. The number of carbonyl (C=O) groups excluding carboxylic acids is 2. The summed E-state index contributed by atoms with van der Waals surface area (Å²) in [6.07, 6.45) is 0.931. The molecule has 0 radical (unpaired) electrons. The maximum Gasteiger partial charge on any atom is 0.268 e.